The lowest BCUT2D eigenvalue weighted by Gasteiger charge is -2.08. The first-order chi connectivity index (χ1) is 12.5. The van der Waals surface area contributed by atoms with E-state index in [1.54, 1.807) is 30.3 Å². The number of carbonyl (C=O) groups is 1. The van der Waals surface area contributed by atoms with Crippen LogP contribution in [0.25, 0.3) is 0 Å². The minimum Gasteiger partial charge on any atom is -0.338 e. The maximum Gasteiger partial charge on any atom is 0.276 e. The van der Waals surface area contributed by atoms with Crippen molar-refractivity contribution in [1.29, 1.82) is 5.26 Å². The summed E-state index contributed by atoms with van der Waals surface area (Å²) >= 11 is 0. The molecule has 0 spiro atoms. The smallest absolute Gasteiger partial charge is 0.276 e. The van der Waals surface area contributed by atoms with Gasteiger partial charge in [0.15, 0.2) is 11.5 Å². The number of amides is 1. The van der Waals surface area contributed by atoms with E-state index in [0.717, 1.165) is 16.8 Å². The largest absolute Gasteiger partial charge is 0.338 e. The van der Waals surface area contributed by atoms with Gasteiger partial charge in [-0.15, -0.1) is 10.2 Å². The van der Waals surface area contributed by atoms with Gasteiger partial charge in [0.2, 0.25) is 0 Å². The van der Waals surface area contributed by atoms with E-state index in [0.29, 0.717) is 17.1 Å². The minimum absolute atomic E-state index is 0.211. The lowest BCUT2D eigenvalue weighted by Crippen LogP contribution is -2.14. The minimum atomic E-state index is -0.327. The second kappa shape index (κ2) is 7.45. The van der Waals surface area contributed by atoms with Crippen molar-refractivity contribution in [3.05, 3.63) is 77.0 Å². The number of nitrogens with zero attached hydrogens (tertiary/aromatic N) is 3. The van der Waals surface area contributed by atoms with Crippen molar-refractivity contribution in [1.82, 2.24) is 10.2 Å². The Balaban J connectivity index is 1.73. The number of para-hydroxylation sites is 1. The van der Waals surface area contributed by atoms with Crippen LogP contribution in [0.5, 0.6) is 0 Å². The molecule has 0 bridgehead atoms. The number of nitrogens with one attached hydrogen (secondary N) is 2. The summed E-state index contributed by atoms with van der Waals surface area (Å²) in [6, 6.07) is 18.3. The Bertz CT molecular complexity index is 970. The molecule has 128 valence electrons. The van der Waals surface area contributed by atoms with Crippen LogP contribution in [0, 0.1) is 25.2 Å². The highest BCUT2D eigenvalue weighted by Gasteiger charge is 2.10. The van der Waals surface area contributed by atoms with E-state index in [2.05, 4.69) is 26.9 Å². The molecule has 0 saturated heterocycles. The van der Waals surface area contributed by atoms with Gasteiger partial charge in [-0.1, -0.05) is 18.2 Å². The molecule has 0 saturated carbocycles. The summed E-state index contributed by atoms with van der Waals surface area (Å²) in [4.78, 5) is 12.3. The molecule has 0 fully saturated rings. The van der Waals surface area contributed by atoms with Crippen LogP contribution in [-0.4, -0.2) is 16.1 Å². The molecule has 0 radical (unpaired) electrons. The van der Waals surface area contributed by atoms with Gasteiger partial charge in [-0.25, -0.2) is 0 Å². The summed E-state index contributed by atoms with van der Waals surface area (Å²) in [5.41, 5.74) is 4.22. The highest BCUT2D eigenvalue weighted by atomic mass is 16.1. The van der Waals surface area contributed by atoms with Crippen molar-refractivity contribution < 1.29 is 4.79 Å². The van der Waals surface area contributed by atoms with E-state index >= 15 is 0 Å². The summed E-state index contributed by atoms with van der Waals surface area (Å²) in [6.07, 6.45) is 0. The van der Waals surface area contributed by atoms with Gasteiger partial charge in [0.25, 0.3) is 5.91 Å². The molecule has 26 heavy (non-hydrogen) atoms. The van der Waals surface area contributed by atoms with Crippen LogP contribution in [0.1, 0.15) is 27.2 Å². The molecule has 6 heteroatoms. The molecular weight excluding hydrogens is 326 g/mol. The molecule has 0 unspecified atom stereocenters. The number of aryl methyl sites for hydroxylation is 2. The Morgan fingerprint density at radius 2 is 1.73 bits per heavy atom. The standard InChI is InChI=1S/C20H17N5O/c1-13-9-14(2)11-16(10-13)22-20(26)18-7-8-19(25-24-18)23-17-6-4-3-5-15(17)12-21/h3-11H,1-2H3,(H,22,26)(H,23,25). The van der Waals surface area contributed by atoms with Crippen LogP contribution in [0.4, 0.5) is 17.2 Å². The van der Waals surface area contributed by atoms with Crippen LogP contribution < -0.4 is 10.6 Å². The third-order valence-electron chi connectivity index (χ3n) is 3.69. The van der Waals surface area contributed by atoms with Gasteiger partial charge in [0.05, 0.1) is 11.3 Å². The third-order valence-corrected chi connectivity index (χ3v) is 3.69. The molecule has 3 rings (SSSR count). The normalized spacial score (nSPS) is 10.0. The molecule has 2 N–H and O–H groups in total. The van der Waals surface area contributed by atoms with Gasteiger partial charge in [0, 0.05) is 5.69 Å². The monoisotopic (exact) mass is 343 g/mol. The molecule has 1 amide bonds. The highest BCUT2D eigenvalue weighted by molar-refractivity contribution is 6.02. The van der Waals surface area contributed by atoms with Crippen molar-refractivity contribution in [2.24, 2.45) is 0 Å². The van der Waals surface area contributed by atoms with Crippen molar-refractivity contribution >= 4 is 23.1 Å². The fourth-order valence-electron chi connectivity index (χ4n) is 2.59. The van der Waals surface area contributed by atoms with Gasteiger partial charge in [-0.2, -0.15) is 5.26 Å². The molecule has 0 aliphatic rings. The van der Waals surface area contributed by atoms with E-state index in [9.17, 15) is 4.79 Å². The molecule has 1 heterocycles. The van der Waals surface area contributed by atoms with Crippen LogP contribution in [0.15, 0.2) is 54.6 Å². The number of nitriles is 1. The highest BCUT2D eigenvalue weighted by Crippen LogP contribution is 2.19. The van der Waals surface area contributed by atoms with Gasteiger partial charge < -0.3 is 10.6 Å². The van der Waals surface area contributed by atoms with Crippen LogP contribution in [0.3, 0.4) is 0 Å². The average Bonchev–Trinajstić information content (AvgIpc) is 2.62. The summed E-state index contributed by atoms with van der Waals surface area (Å²) < 4.78 is 0. The van der Waals surface area contributed by atoms with Crippen molar-refractivity contribution in [2.45, 2.75) is 13.8 Å². The predicted molar refractivity (Wildman–Crippen MR) is 100 cm³/mol. The molecule has 6 nitrogen and oxygen atoms in total. The summed E-state index contributed by atoms with van der Waals surface area (Å²) in [6.45, 7) is 3.95. The van der Waals surface area contributed by atoms with Gasteiger partial charge >= 0.3 is 0 Å². The van der Waals surface area contributed by atoms with Gasteiger partial charge in [0.1, 0.15) is 6.07 Å². The van der Waals surface area contributed by atoms with E-state index < -0.39 is 0 Å². The predicted octanol–water partition coefficient (Wildman–Crippen LogP) is 3.96. The molecule has 0 aliphatic carbocycles. The third kappa shape index (κ3) is 4.02. The van der Waals surface area contributed by atoms with Crippen molar-refractivity contribution in [2.75, 3.05) is 10.6 Å². The van der Waals surface area contributed by atoms with Crippen LogP contribution in [-0.2, 0) is 0 Å². The number of carbonyl (C=O) groups excluding carboxylic acids is 1. The second-order valence-corrected chi connectivity index (χ2v) is 5.92. The number of hydrogen-bond donors (Lipinski definition) is 2. The molecule has 3 aromatic rings. The first-order valence-corrected chi connectivity index (χ1v) is 8.05. The summed E-state index contributed by atoms with van der Waals surface area (Å²) in [5, 5.41) is 22.9. The summed E-state index contributed by atoms with van der Waals surface area (Å²) in [5.74, 6) is 0.127. The first kappa shape index (κ1) is 17.1. The van der Waals surface area contributed by atoms with E-state index in [-0.39, 0.29) is 11.6 Å². The SMILES string of the molecule is Cc1cc(C)cc(NC(=O)c2ccc(Nc3ccccc3C#N)nn2)c1. The number of aromatic nitrogens is 2. The van der Waals surface area contributed by atoms with Gasteiger partial charge in [-0.3, -0.25) is 4.79 Å². The van der Waals surface area contributed by atoms with E-state index in [1.165, 1.54) is 0 Å². The van der Waals surface area contributed by atoms with E-state index in [1.807, 2.05) is 38.1 Å². The topological polar surface area (TPSA) is 90.7 Å². The van der Waals surface area contributed by atoms with Crippen molar-refractivity contribution in [3.8, 4) is 6.07 Å². The Morgan fingerprint density at radius 3 is 2.38 bits per heavy atom. The number of rotatable bonds is 4. The average molecular weight is 343 g/mol. The molecule has 1 aromatic heterocycles. The van der Waals surface area contributed by atoms with Crippen LogP contribution in [0.2, 0.25) is 0 Å². The maximum absolute atomic E-state index is 12.3. The first-order valence-electron chi connectivity index (χ1n) is 8.05. The number of benzene rings is 2. The fraction of sp³-hybridized carbons (Fsp3) is 0.100. The lowest BCUT2D eigenvalue weighted by atomic mass is 10.1. The lowest BCUT2D eigenvalue weighted by molar-refractivity contribution is 0.102. The molecular formula is C20H17N5O. The number of anilines is 3. The van der Waals surface area contributed by atoms with Crippen LogP contribution >= 0.6 is 0 Å². The Kier molecular flexibility index (Phi) is 4.90. The summed E-state index contributed by atoms with van der Waals surface area (Å²) in [7, 11) is 0. The van der Waals surface area contributed by atoms with E-state index in [4.69, 9.17) is 5.26 Å². The van der Waals surface area contributed by atoms with Crippen molar-refractivity contribution in [3.63, 3.8) is 0 Å². The molecule has 2 aromatic carbocycles. The quantitative estimate of drug-likeness (QED) is 0.748. The maximum atomic E-state index is 12.3. The molecule has 0 aliphatic heterocycles. The Hall–Kier alpha value is -3.72. The Labute approximate surface area is 151 Å². The molecule has 0 atom stereocenters. The zero-order valence-electron chi connectivity index (χ0n) is 14.4. The number of hydrogen-bond acceptors (Lipinski definition) is 5. The fourth-order valence-corrected chi connectivity index (χ4v) is 2.59. The second-order valence-electron chi connectivity index (χ2n) is 5.92. The Morgan fingerprint density at radius 1 is 1.00 bits per heavy atom. The van der Waals surface area contributed by atoms with Gasteiger partial charge in [-0.05, 0) is 61.4 Å². The zero-order chi connectivity index (χ0) is 18.5. The zero-order valence-corrected chi connectivity index (χ0v) is 14.4.